The van der Waals surface area contributed by atoms with E-state index < -0.39 is 0 Å². The van der Waals surface area contributed by atoms with Crippen LogP contribution in [0.1, 0.15) is 67.9 Å². The maximum atomic E-state index is 4.89. The predicted molar refractivity (Wildman–Crippen MR) is 103 cm³/mol. The van der Waals surface area contributed by atoms with E-state index in [1.54, 1.807) is 0 Å². The van der Waals surface area contributed by atoms with Crippen LogP contribution >= 0.6 is 11.3 Å². The smallest absolute Gasteiger partial charge is 0.107 e. The van der Waals surface area contributed by atoms with Crippen molar-refractivity contribution in [1.29, 1.82) is 0 Å². The number of hydrogen-bond donors (Lipinski definition) is 0. The normalized spacial score (nSPS) is 20.3. The van der Waals surface area contributed by atoms with E-state index in [1.807, 2.05) is 11.3 Å². The molecule has 24 heavy (non-hydrogen) atoms. The van der Waals surface area contributed by atoms with Crippen LogP contribution < -0.4 is 0 Å². The topological polar surface area (TPSA) is 16.1 Å². The van der Waals surface area contributed by atoms with Gasteiger partial charge in [0.15, 0.2) is 0 Å². The number of nitrogens with zero attached hydrogens (tertiary/aromatic N) is 2. The van der Waals surface area contributed by atoms with E-state index in [1.165, 1.54) is 80.6 Å². The van der Waals surface area contributed by atoms with Crippen molar-refractivity contribution in [2.45, 2.75) is 63.8 Å². The number of likely N-dealkylation sites (tertiary alicyclic amines) is 1. The van der Waals surface area contributed by atoms with Gasteiger partial charge in [-0.1, -0.05) is 49.9 Å². The number of aromatic nitrogens is 1. The van der Waals surface area contributed by atoms with Crippen molar-refractivity contribution in [3.8, 4) is 11.3 Å². The molecule has 2 aliphatic rings. The monoisotopic (exact) mass is 340 g/mol. The van der Waals surface area contributed by atoms with Gasteiger partial charge in [-0.05, 0) is 50.3 Å². The summed E-state index contributed by atoms with van der Waals surface area (Å²) in [7, 11) is 0. The fourth-order valence-electron chi connectivity index (χ4n) is 4.19. The van der Waals surface area contributed by atoms with E-state index >= 15 is 0 Å². The molecule has 2 nitrogen and oxygen atoms in total. The molecule has 2 aromatic rings. The molecule has 128 valence electrons. The van der Waals surface area contributed by atoms with E-state index in [4.69, 9.17) is 4.98 Å². The fourth-order valence-corrected chi connectivity index (χ4v) is 5.03. The van der Waals surface area contributed by atoms with Crippen LogP contribution in [0.2, 0.25) is 0 Å². The first-order chi connectivity index (χ1) is 11.9. The third kappa shape index (κ3) is 3.89. The molecular weight excluding hydrogens is 312 g/mol. The highest BCUT2D eigenvalue weighted by Crippen LogP contribution is 2.33. The molecule has 2 fully saturated rings. The van der Waals surface area contributed by atoms with Gasteiger partial charge < -0.3 is 0 Å². The molecule has 0 N–H and O–H groups in total. The minimum absolute atomic E-state index is 0.790. The molecule has 1 aromatic carbocycles. The van der Waals surface area contributed by atoms with Crippen molar-refractivity contribution in [2.75, 3.05) is 13.1 Å². The lowest BCUT2D eigenvalue weighted by atomic mass is 9.84. The Hall–Kier alpha value is -1.19. The lowest BCUT2D eigenvalue weighted by Crippen LogP contribution is -2.28. The zero-order chi connectivity index (χ0) is 16.2. The molecule has 2 heterocycles. The van der Waals surface area contributed by atoms with E-state index in [0.717, 1.165) is 18.2 Å². The molecule has 0 amide bonds. The number of piperidine rings is 1. The molecule has 0 unspecified atom stereocenters. The van der Waals surface area contributed by atoms with Gasteiger partial charge >= 0.3 is 0 Å². The molecule has 1 aliphatic heterocycles. The van der Waals surface area contributed by atoms with Gasteiger partial charge in [-0.2, -0.15) is 0 Å². The van der Waals surface area contributed by atoms with Crippen LogP contribution in [-0.4, -0.2) is 23.0 Å². The van der Waals surface area contributed by atoms with Crippen LogP contribution in [0.25, 0.3) is 11.3 Å². The largest absolute Gasteiger partial charge is 0.297 e. The van der Waals surface area contributed by atoms with Gasteiger partial charge in [0.1, 0.15) is 5.01 Å². The molecule has 0 bridgehead atoms. The van der Waals surface area contributed by atoms with Crippen molar-refractivity contribution in [1.82, 2.24) is 9.88 Å². The van der Waals surface area contributed by atoms with Gasteiger partial charge in [0.05, 0.1) is 12.2 Å². The van der Waals surface area contributed by atoms with Crippen molar-refractivity contribution in [2.24, 2.45) is 0 Å². The van der Waals surface area contributed by atoms with E-state index in [-0.39, 0.29) is 0 Å². The maximum Gasteiger partial charge on any atom is 0.107 e. The molecule has 1 saturated carbocycles. The molecule has 1 aromatic heterocycles. The molecule has 3 heteroatoms. The molecule has 4 rings (SSSR count). The summed E-state index contributed by atoms with van der Waals surface area (Å²) in [5.74, 6) is 0.790. The third-order valence-electron chi connectivity index (χ3n) is 5.64. The van der Waals surface area contributed by atoms with Crippen LogP contribution in [0.15, 0.2) is 29.6 Å². The highest BCUT2D eigenvalue weighted by molar-refractivity contribution is 7.09. The molecular formula is C21H28N2S. The maximum absolute atomic E-state index is 4.89. The summed E-state index contributed by atoms with van der Waals surface area (Å²) in [5.41, 5.74) is 3.96. The Morgan fingerprint density at radius 1 is 0.917 bits per heavy atom. The minimum Gasteiger partial charge on any atom is -0.297 e. The van der Waals surface area contributed by atoms with Gasteiger partial charge in [0, 0.05) is 10.9 Å². The lowest BCUT2D eigenvalue weighted by Gasteiger charge is -2.25. The Balaban J connectivity index is 1.42. The third-order valence-corrected chi connectivity index (χ3v) is 6.48. The Morgan fingerprint density at radius 2 is 1.62 bits per heavy atom. The Morgan fingerprint density at radius 3 is 2.38 bits per heavy atom. The summed E-state index contributed by atoms with van der Waals surface area (Å²) in [5, 5.41) is 3.50. The minimum atomic E-state index is 0.790. The molecule has 0 radical (unpaired) electrons. The number of rotatable bonds is 4. The van der Waals surface area contributed by atoms with Gasteiger partial charge in [0.25, 0.3) is 0 Å². The highest BCUT2D eigenvalue weighted by atomic mass is 32.1. The summed E-state index contributed by atoms with van der Waals surface area (Å²) < 4.78 is 0. The fraction of sp³-hybridized carbons (Fsp3) is 0.571. The molecule has 1 saturated heterocycles. The summed E-state index contributed by atoms with van der Waals surface area (Å²) >= 11 is 1.82. The van der Waals surface area contributed by atoms with Crippen molar-refractivity contribution >= 4 is 11.3 Å². The average molecular weight is 341 g/mol. The first-order valence-corrected chi connectivity index (χ1v) is 10.5. The summed E-state index contributed by atoms with van der Waals surface area (Å²) in [6, 6.07) is 9.25. The van der Waals surface area contributed by atoms with Crippen molar-refractivity contribution in [3.05, 3.63) is 40.2 Å². The van der Waals surface area contributed by atoms with Crippen LogP contribution in [-0.2, 0) is 6.54 Å². The predicted octanol–water partition coefficient (Wildman–Crippen LogP) is 5.84. The van der Waals surface area contributed by atoms with Gasteiger partial charge in [-0.15, -0.1) is 11.3 Å². The molecule has 0 spiro atoms. The van der Waals surface area contributed by atoms with E-state index in [0.29, 0.717) is 0 Å². The van der Waals surface area contributed by atoms with Gasteiger partial charge in [0.2, 0.25) is 0 Å². The highest BCUT2D eigenvalue weighted by Gasteiger charge is 2.16. The summed E-state index contributed by atoms with van der Waals surface area (Å²) in [6.07, 6.45) is 11.1. The Bertz CT molecular complexity index is 634. The zero-order valence-corrected chi connectivity index (χ0v) is 15.4. The number of thiazole rings is 1. The van der Waals surface area contributed by atoms with Crippen LogP contribution in [0.4, 0.5) is 0 Å². The molecule has 1 aliphatic carbocycles. The quantitative estimate of drug-likeness (QED) is 0.694. The standard InChI is InChI=1S/C21H28N2S/c1-3-7-17(8-4-1)18-9-11-19(12-10-18)20-16-24-21(22-20)15-23-13-5-2-6-14-23/h9-12,16-17H,1-8,13-15H2. The van der Waals surface area contributed by atoms with Crippen LogP contribution in [0, 0.1) is 0 Å². The summed E-state index contributed by atoms with van der Waals surface area (Å²) in [6.45, 7) is 3.51. The van der Waals surface area contributed by atoms with Gasteiger partial charge in [-0.3, -0.25) is 4.90 Å². The number of hydrogen-bond acceptors (Lipinski definition) is 3. The lowest BCUT2D eigenvalue weighted by molar-refractivity contribution is 0.220. The van der Waals surface area contributed by atoms with Crippen LogP contribution in [0.3, 0.4) is 0 Å². The second kappa shape index (κ2) is 7.79. The van der Waals surface area contributed by atoms with E-state index in [9.17, 15) is 0 Å². The second-order valence-corrected chi connectivity index (χ2v) is 8.36. The number of benzene rings is 1. The first-order valence-electron chi connectivity index (χ1n) is 9.65. The van der Waals surface area contributed by atoms with Crippen molar-refractivity contribution in [3.63, 3.8) is 0 Å². The first kappa shape index (κ1) is 16.3. The van der Waals surface area contributed by atoms with Crippen LogP contribution in [0.5, 0.6) is 0 Å². The SMILES string of the molecule is c1cc(C2CCCCC2)ccc1-c1csc(CN2CCCCC2)n1. The molecule has 0 atom stereocenters. The Labute approximate surface area is 149 Å². The second-order valence-electron chi connectivity index (χ2n) is 7.42. The summed E-state index contributed by atoms with van der Waals surface area (Å²) in [4.78, 5) is 7.45. The Kier molecular flexibility index (Phi) is 5.29. The van der Waals surface area contributed by atoms with Crippen molar-refractivity contribution < 1.29 is 0 Å². The van der Waals surface area contributed by atoms with Gasteiger partial charge in [-0.25, -0.2) is 4.98 Å². The average Bonchev–Trinajstić information content (AvgIpc) is 3.12. The zero-order valence-electron chi connectivity index (χ0n) is 14.5. The van der Waals surface area contributed by atoms with E-state index in [2.05, 4.69) is 34.5 Å².